The molecule has 0 amide bonds. The van der Waals surface area contributed by atoms with E-state index in [0.29, 0.717) is 12.1 Å². The number of benzene rings is 5. The number of hydrogen-bond donors (Lipinski definition) is 8. The summed E-state index contributed by atoms with van der Waals surface area (Å²) >= 11 is 0. The van der Waals surface area contributed by atoms with Crippen LogP contribution in [0.25, 0.3) is 16.5 Å². The Kier molecular flexibility index (Phi) is 14.2. The van der Waals surface area contributed by atoms with Gasteiger partial charge in [-0.25, -0.2) is 9.18 Å². The van der Waals surface area contributed by atoms with Crippen LogP contribution in [0.3, 0.4) is 0 Å². The Morgan fingerprint density at radius 2 is 1.25 bits per heavy atom. The second kappa shape index (κ2) is 19.5. The van der Waals surface area contributed by atoms with Crippen LogP contribution in [0.2, 0.25) is 0 Å². The Balaban J connectivity index is 1.53. The van der Waals surface area contributed by atoms with Gasteiger partial charge < -0.3 is 35.0 Å². The molecular weight excluding hydrogens is 978 g/mol. The van der Waals surface area contributed by atoms with Crippen molar-refractivity contribution >= 4 is 86.9 Å². The van der Waals surface area contributed by atoms with Crippen LogP contribution in [0.4, 0.5) is 44.2 Å². The summed E-state index contributed by atoms with van der Waals surface area (Å²) in [5.41, 5.74) is -6.62. The molecule has 8 N–H and O–H groups in total. The minimum Gasteiger partial charge on any atom is -0.505 e. The van der Waals surface area contributed by atoms with Crippen molar-refractivity contribution in [3.63, 3.8) is 0 Å². The van der Waals surface area contributed by atoms with Gasteiger partial charge in [-0.2, -0.15) is 35.0 Å². The van der Waals surface area contributed by atoms with Gasteiger partial charge in [0.05, 0.1) is 23.8 Å². The lowest BCUT2D eigenvalue weighted by Gasteiger charge is -2.15. The number of azo groups is 3. The number of aliphatic hydroxyl groups excluding tert-OH is 2. The fraction of sp³-hybridized carbons (Fsp3) is 0.111. The summed E-state index contributed by atoms with van der Waals surface area (Å²) in [4.78, 5) is 18.7. The van der Waals surface area contributed by atoms with Gasteiger partial charge in [0.25, 0.3) is 36.0 Å². The summed E-state index contributed by atoms with van der Waals surface area (Å²) in [5, 5.41) is 87.0. The third kappa shape index (κ3) is 10.5. The van der Waals surface area contributed by atoms with Gasteiger partial charge in [-0.1, -0.05) is 12.1 Å². The van der Waals surface area contributed by atoms with Crippen LogP contribution in [0.1, 0.15) is 10.5 Å². The molecule has 1 aromatic heterocycles. The lowest BCUT2D eigenvalue weighted by atomic mass is 10.1. The van der Waals surface area contributed by atoms with Crippen molar-refractivity contribution < 1.29 is 88.0 Å². The third-order valence-corrected chi connectivity index (χ3v) is 11.5. The number of aliphatic hydroxyl groups is 2. The molecule has 0 unspecified atom stereocenters. The number of halogens is 1. The molecular formula is C36H28FN9O19S3. The molecule has 0 saturated heterocycles. The summed E-state index contributed by atoms with van der Waals surface area (Å²) in [6.45, 7) is -2.21. The molecule has 1 heterocycles. The molecule has 0 fully saturated rings. The predicted octanol–water partition coefficient (Wildman–Crippen LogP) is 5.91. The number of rotatable bonds is 18. The zero-order valence-corrected chi connectivity index (χ0v) is 35.9. The first-order valence-corrected chi connectivity index (χ1v) is 22.5. The highest BCUT2D eigenvalue weighted by Gasteiger charge is 2.32. The second-order valence-corrected chi connectivity index (χ2v) is 17.3. The maximum atomic E-state index is 14.2. The van der Waals surface area contributed by atoms with Gasteiger partial charge in [0.1, 0.15) is 67.8 Å². The number of phenols is 1. The highest BCUT2D eigenvalue weighted by Crippen LogP contribution is 2.47. The van der Waals surface area contributed by atoms with Crippen LogP contribution in [-0.2, 0) is 30.4 Å². The highest BCUT2D eigenvalue weighted by atomic mass is 32.2. The SMILES string of the molecule is O=C(O)c1nn(-c2ccc3c(O)c(/N=N/c4cc(OCCO)c(/N=N/c5ccc([N+](=O)[O-])cc5S(=O)(=O)O)cc4OCCO)c(S(=O)(=O)O)cc3c2S(=O)(=O)O)c(O)c1/N=N/c1ccccc1F. The Hall–Kier alpha value is -7.98. The Morgan fingerprint density at radius 3 is 1.79 bits per heavy atom. The van der Waals surface area contributed by atoms with Crippen molar-refractivity contribution in [2.75, 3.05) is 26.4 Å². The molecule has 0 spiro atoms. The van der Waals surface area contributed by atoms with Crippen molar-refractivity contribution in [2.24, 2.45) is 30.7 Å². The van der Waals surface area contributed by atoms with Gasteiger partial charge in [0.15, 0.2) is 17.3 Å². The molecule has 28 nitrogen and oxygen atoms in total. The molecule has 5 aromatic carbocycles. The van der Waals surface area contributed by atoms with Crippen LogP contribution < -0.4 is 9.47 Å². The summed E-state index contributed by atoms with van der Waals surface area (Å²) in [6, 6.07) is 10.9. The van der Waals surface area contributed by atoms with E-state index in [2.05, 4.69) is 35.8 Å². The van der Waals surface area contributed by atoms with Gasteiger partial charge in [-0.3, -0.25) is 23.8 Å². The quantitative estimate of drug-likeness (QED) is 0.0214. The van der Waals surface area contributed by atoms with Crippen molar-refractivity contribution in [1.29, 1.82) is 0 Å². The molecule has 0 aliphatic rings. The minimum atomic E-state index is -5.64. The number of aromatic carboxylic acids is 1. The number of carbonyl (C=O) groups is 1. The van der Waals surface area contributed by atoms with E-state index < -0.39 is 162 Å². The van der Waals surface area contributed by atoms with E-state index in [1.54, 1.807) is 0 Å². The number of non-ortho nitro benzene ring substituents is 1. The molecule has 6 aromatic rings. The first-order valence-electron chi connectivity index (χ1n) is 18.2. The number of aromatic hydroxyl groups is 2. The number of nitro benzene ring substituents is 1. The number of aromatic nitrogens is 2. The highest BCUT2D eigenvalue weighted by molar-refractivity contribution is 7.86. The monoisotopic (exact) mass is 1010 g/mol. The van der Waals surface area contributed by atoms with E-state index in [1.165, 1.54) is 12.1 Å². The van der Waals surface area contributed by atoms with Gasteiger partial charge in [-0.05, 0) is 36.4 Å². The molecule has 356 valence electrons. The van der Waals surface area contributed by atoms with E-state index in [4.69, 9.17) is 9.47 Å². The molecule has 0 radical (unpaired) electrons. The fourth-order valence-corrected chi connectivity index (χ4v) is 8.07. The van der Waals surface area contributed by atoms with Crippen LogP contribution in [-0.4, -0.2) is 112 Å². The zero-order chi connectivity index (χ0) is 49.9. The normalized spacial score (nSPS) is 12.4. The first kappa shape index (κ1) is 49.5. The number of carboxylic acids is 1. The van der Waals surface area contributed by atoms with Crippen molar-refractivity contribution in [2.45, 2.75) is 14.7 Å². The number of nitro groups is 1. The lowest BCUT2D eigenvalue weighted by molar-refractivity contribution is -0.385. The van der Waals surface area contributed by atoms with Gasteiger partial charge in [0, 0.05) is 35.0 Å². The van der Waals surface area contributed by atoms with E-state index in [1.807, 2.05) is 0 Å². The third-order valence-electron chi connectivity index (χ3n) is 8.77. The maximum Gasteiger partial charge on any atom is 0.358 e. The number of hydrogen-bond acceptors (Lipinski definition) is 22. The number of phenolic OH excluding ortho intramolecular Hbond substituents is 1. The van der Waals surface area contributed by atoms with Crippen LogP contribution >= 0.6 is 0 Å². The minimum absolute atomic E-state index is 0.229. The van der Waals surface area contributed by atoms with Crippen LogP contribution in [0, 0.1) is 15.9 Å². The van der Waals surface area contributed by atoms with E-state index >= 15 is 0 Å². The van der Waals surface area contributed by atoms with Gasteiger partial charge in [-0.15, -0.1) is 30.7 Å². The summed E-state index contributed by atoms with van der Waals surface area (Å²) in [6.07, 6.45) is 0. The molecule has 0 aliphatic heterocycles. The molecule has 32 heteroatoms. The van der Waals surface area contributed by atoms with Crippen molar-refractivity contribution in [3.05, 3.63) is 94.4 Å². The van der Waals surface area contributed by atoms with Gasteiger partial charge in [0.2, 0.25) is 11.6 Å². The average Bonchev–Trinajstić information content (AvgIpc) is 3.60. The Morgan fingerprint density at radius 1 is 0.691 bits per heavy atom. The van der Waals surface area contributed by atoms with Crippen molar-refractivity contribution in [3.8, 4) is 28.8 Å². The lowest BCUT2D eigenvalue weighted by Crippen LogP contribution is -2.09. The molecule has 68 heavy (non-hydrogen) atoms. The number of fused-ring (bicyclic) bond motifs is 1. The van der Waals surface area contributed by atoms with E-state index in [9.17, 15) is 83.7 Å². The van der Waals surface area contributed by atoms with Crippen LogP contribution in [0.5, 0.6) is 23.1 Å². The number of carboxylic acid groups (broad SMARTS) is 1. The standard InChI is InChI=1S/C36H28FN9O19S3/c37-20-3-1-2-4-21(20)38-43-31-32(36(51)52)44-45(35(31)50)25-8-6-18-19(34(25)68(61,62)63)14-29(67(58,59)60)30(33(18)49)42-41-24-16-26(64-11-9-47)23(15-27(24)65-12-10-48)40-39-22-7-5-17(46(53)54)13-28(22)66(55,56)57/h1-8,13-16,47-50H,9-12H2,(H,51,52)(H,55,56,57)(H,58,59,60)(H,61,62,63)/b40-39+,42-41+,43-38+. The van der Waals surface area contributed by atoms with Gasteiger partial charge >= 0.3 is 5.97 Å². The molecule has 6 rings (SSSR count). The van der Waals surface area contributed by atoms with Crippen LogP contribution in [0.15, 0.2) is 118 Å². The largest absolute Gasteiger partial charge is 0.505 e. The summed E-state index contributed by atoms with van der Waals surface area (Å²) in [5.74, 6) is -6.04. The maximum absolute atomic E-state index is 14.2. The number of nitrogens with zero attached hydrogens (tertiary/aromatic N) is 9. The molecule has 0 saturated carbocycles. The fourth-order valence-electron chi connectivity index (χ4n) is 5.91. The second-order valence-electron chi connectivity index (χ2n) is 13.1. The van der Waals surface area contributed by atoms with E-state index in [-0.39, 0.29) is 16.1 Å². The molecule has 0 aliphatic carbocycles. The predicted molar refractivity (Wildman–Crippen MR) is 224 cm³/mol. The van der Waals surface area contributed by atoms with E-state index in [0.717, 1.165) is 48.5 Å². The Labute approximate surface area is 378 Å². The average molecular weight is 1010 g/mol. The molecule has 0 atom stereocenters. The molecule has 0 bridgehead atoms. The zero-order valence-electron chi connectivity index (χ0n) is 33.5. The first-order chi connectivity index (χ1) is 32.0. The summed E-state index contributed by atoms with van der Waals surface area (Å²) in [7, 11) is -16.4. The Bertz CT molecular complexity index is 3480. The topological polar surface area (TPSA) is 435 Å². The van der Waals surface area contributed by atoms with Crippen molar-refractivity contribution in [1.82, 2.24) is 9.78 Å². The summed E-state index contributed by atoms with van der Waals surface area (Å²) < 4.78 is 132. The smallest absolute Gasteiger partial charge is 0.358 e. The number of ether oxygens (including phenoxy) is 2.